The first-order chi connectivity index (χ1) is 10.7. The van der Waals surface area contributed by atoms with E-state index >= 15 is 0 Å². The Morgan fingerprint density at radius 1 is 1.09 bits per heavy atom. The Balaban J connectivity index is 2.06. The van der Waals surface area contributed by atoms with E-state index in [1.165, 1.54) is 0 Å². The van der Waals surface area contributed by atoms with Crippen molar-refractivity contribution in [3.63, 3.8) is 0 Å². The first-order valence-corrected chi connectivity index (χ1v) is 8.07. The van der Waals surface area contributed by atoms with Gasteiger partial charge in [0.15, 0.2) is 11.5 Å². The number of amides is 1. The third-order valence-corrected chi connectivity index (χ3v) is 3.96. The number of hydrogen-bond acceptors (Lipinski definition) is 4. The van der Waals surface area contributed by atoms with Gasteiger partial charge >= 0.3 is 0 Å². The van der Waals surface area contributed by atoms with Crippen LogP contribution in [0.15, 0.2) is 18.2 Å². The maximum absolute atomic E-state index is 12.3. The molecular formula is C17H26N2O3. The highest BCUT2D eigenvalue weighted by Gasteiger charge is 2.19. The molecule has 1 aliphatic heterocycles. The number of hydrogen-bond donors (Lipinski definition) is 0. The van der Waals surface area contributed by atoms with Gasteiger partial charge in [-0.2, -0.15) is 0 Å². The molecule has 1 heterocycles. The van der Waals surface area contributed by atoms with Crippen LogP contribution in [0.4, 0.5) is 0 Å². The van der Waals surface area contributed by atoms with Crippen LogP contribution >= 0.6 is 0 Å². The number of rotatable bonds is 7. The number of likely N-dealkylation sites (N-methyl/N-ethyl adjacent to an activating group) is 2. The minimum atomic E-state index is 0.175. The van der Waals surface area contributed by atoms with Crippen molar-refractivity contribution in [2.75, 3.05) is 39.4 Å². The molecule has 1 aromatic carbocycles. The highest BCUT2D eigenvalue weighted by molar-refractivity contribution is 5.78. The number of carbonyl (C=O) groups excluding carboxylic acids is 1. The monoisotopic (exact) mass is 306 g/mol. The molecule has 0 radical (unpaired) electrons. The van der Waals surface area contributed by atoms with Gasteiger partial charge in [-0.25, -0.2) is 0 Å². The number of ether oxygens (including phenoxy) is 2. The summed E-state index contributed by atoms with van der Waals surface area (Å²) in [5, 5.41) is 0. The first-order valence-electron chi connectivity index (χ1n) is 8.07. The standard InChI is InChI=1S/C17H26N2O3/c1-4-18(13-16(20)19(5-2)6-3)12-14-8-7-9-15-17(14)22-11-10-21-15/h7-9H,4-6,10-13H2,1-3H3. The second-order valence-corrected chi connectivity index (χ2v) is 5.31. The van der Waals surface area contributed by atoms with E-state index in [4.69, 9.17) is 9.47 Å². The lowest BCUT2D eigenvalue weighted by Crippen LogP contribution is -2.40. The number of para-hydroxylation sites is 1. The maximum Gasteiger partial charge on any atom is 0.236 e. The van der Waals surface area contributed by atoms with Crippen molar-refractivity contribution in [3.05, 3.63) is 23.8 Å². The van der Waals surface area contributed by atoms with E-state index in [2.05, 4.69) is 11.8 Å². The van der Waals surface area contributed by atoms with E-state index in [0.29, 0.717) is 26.3 Å². The first kappa shape index (κ1) is 16.6. The highest BCUT2D eigenvalue weighted by Crippen LogP contribution is 2.34. The van der Waals surface area contributed by atoms with Crippen LogP contribution in [0.25, 0.3) is 0 Å². The van der Waals surface area contributed by atoms with Crippen LogP contribution in [0.2, 0.25) is 0 Å². The topological polar surface area (TPSA) is 42.0 Å². The zero-order chi connectivity index (χ0) is 15.9. The average Bonchev–Trinajstić information content (AvgIpc) is 2.55. The van der Waals surface area contributed by atoms with Gasteiger partial charge in [0.25, 0.3) is 0 Å². The maximum atomic E-state index is 12.3. The summed E-state index contributed by atoms with van der Waals surface area (Å²) < 4.78 is 11.4. The van der Waals surface area contributed by atoms with Crippen molar-refractivity contribution < 1.29 is 14.3 Å². The molecule has 0 fully saturated rings. The summed E-state index contributed by atoms with van der Waals surface area (Å²) in [5.74, 6) is 1.80. The van der Waals surface area contributed by atoms with E-state index in [9.17, 15) is 4.79 Å². The lowest BCUT2D eigenvalue weighted by atomic mass is 10.1. The van der Waals surface area contributed by atoms with Crippen LogP contribution in [0.5, 0.6) is 11.5 Å². The largest absolute Gasteiger partial charge is 0.486 e. The predicted octanol–water partition coefficient (Wildman–Crippen LogP) is 2.15. The minimum Gasteiger partial charge on any atom is -0.486 e. The van der Waals surface area contributed by atoms with Gasteiger partial charge in [0.1, 0.15) is 13.2 Å². The Kier molecular flexibility index (Phi) is 6.07. The molecule has 0 spiro atoms. The fraction of sp³-hybridized carbons (Fsp3) is 0.588. The summed E-state index contributed by atoms with van der Waals surface area (Å²) in [6, 6.07) is 5.94. The number of benzene rings is 1. The molecule has 1 aromatic rings. The average molecular weight is 306 g/mol. The van der Waals surface area contributed by atoms with E-state index in [1.807, 2.05) is 36.9 Å². The zero-order valence-corrected chi connectivity index (χ0v) is 13.8. The van der Waals surface area contributed by atoms with E-state index in [0.717, 1.165) is 36.7 Å². The van der Waals surface area contributed by atoms with Crippen LogP contribution in [-0.4, -0.2) is 55.1 Å². The molecule has 22 heavy (non-hydrogen) atoms. The second kappa shape index (κ2) is 8.03. The summed E-state index contributed by atoms with van der Waals surface area (Å²) in [6.07, 6.45) is 0. The molecule has 2 rings (SSSR count). The Bertz CT molecular complexity index is 501. The molecule has 0 bridgehead atoms. The molecular weight excluding hydrogens is 280 g/mol. The second-order valence-electron chi connectivity index (χ2n) is 5.31. The van der Waals surface area contributed by atoms with E-state index in [-0.39, 0.29) is 5.91 Å². The molecule has 1 amide bonds. The summed E-state index contributed by atoms with van der Waals surface area (Å²) in [7, 11) is 0. The number of carbonyl (C=O) groups is 1. The van der Waals surface area contributed by atoms with E-state index < -0.39 is 0 Å². The highest BCUT2D eigenvalue weighted by atomic mass is 16.6. The van der Waals surface area contributed by atoms with Crippen LogP contribution in [-0.2, 0) is 11.3 Å². The minimum absolute atomic E-state index is 0.175. The predicted molar refractivity (Wildman–Crippen MR) is 86.3 cm³/mol. The SMILES string of the molecule is CCN(CC(=O)N(CC)CC)Cc1cccc2c1OCCO2. The van der Waals surface area contributed by atoms with Crippen molar-refractivity contribution in [3.8, 4) is 11.5 Å². The van der Waals surface area contributed by atoms with Crippen molar-refractivity contribution >= 4 is 5.91 Å². The van der Waals surface area contributed by atoms with Gasteiger partial charge in [-0.3, -0.25) is 9.69 Å². The molecule has 0 saturated carbocycles. The molecule has 0 unspecified atom stereocenters. The molecule has 0 aliphatic carbocycles. The van der Waals surface area contributed by atoms with Gasteiger partial charge in [-0.15, -0.1) is 0 Å². The summed E-state index contributed by atoms with van der Waals surface area (Å²) >= 11 is 0. The number of nitrogens with zero attached hydrogens (tertiary/aromatic N) is 2. The van der Waals surface area contributed by atoms with Gasteiger partial charge in [0, 0.05) is 25.2 Å². The van der Waals surface area contributed by atoms with Gasteiger partial charge < -0.3 is 14.4 Å². The van der Waals surface area contributed by atoms with Crippen LogP contribution < -0.4 is 9.47 Å². The Morgan fingerprint density at radius 3 is 2.50 bits per heavy atom. The van der Waals surface area contributed by atoms with Crippen LogP contribution in [0, 0.1) is 0 Å². The molecule has 0 saturated heterocycles. The van der Waals surface area contributed by atoms with E-state index in [1.54, 1.807) is 0 Å². The third-order valence-electron chi connectivity index (χ3n) is 3.96. The molecule has 1 aliphatic rings. The third kappa shape index (κ3) is 3.91. The van der Waals surface area contributed by atoms with Crippen molar-refractivity contribution in [1.29, 1.82) is 0 Å². The normalized spacial score (nSPS) is 13.3. The number of fused-ring (bicyclic) bond motifs is 1. The van der Waals surface area contributed by atoms with Gasteiger partial charge in [-0.05, 0) is 26.5 Å². The molecule has 0 N–H and O–H groups in total. The molecule has 0 aromatic heterocycles. The molecule has 5 nitrogen and oxygen atoms in total. The van der Waals surface area contributed by atoms with Crippen molar-refractivity contribution in [2.45, 2.75) is 27.3 Å². The smallest absolute Gasteiger partial charge is 0.236 e. The Morgan fingerprint density at radius 2 is 1.82 bits per heavy atom. The fourth-order valence-electron chi connectivity index (χ4n) is 2.65. The molecule has 0 atom stereocenters. The molecule has 5 heteroatoms. The van der Waals surface area contributed by atoms with Crippen molar-refractivity contribution in [1.82, 2.24) is 9.80 Å². The summed E-state index contributed by atoms with van der Waals surface area (Å²) in [5.41, 5.74) is 1.08. The zero-order valence-electron chi connectivity index (χ0n) is 13.8. The lowest BCUT2D eigenvalue weighted by molar-refractivity contribution is -0.132. The van der Waals surface area contributed by atoms with Gasteiger partial charge in [-0.1, -0.05) is 19.1 Å². The lowest BCUT2D eigenvalue weighted by Gasteiger charge is -2.27. The van der Waals surface area contributed by atoms with Crippen LogP contribution in [0.3, 0.4) is 0 Å². The van der Waals surface area contributed by atoms with Gasteiger partial charge in [0.05, 0.1) is 6.54 Å². The summed E-state index contributed by atoms with van der Waals surface area (Å²) in [6.45, 7) is 10.7. The van der Waals surface area contributed by atoms with Crippen LogP contribution in [0.1, 0.15) is 26.3 Å². The molecule has 122 valence electrons. The Hall–Kier alpha value is -1.75. The quantitative estimate of drug-likeness (QED) is 0.774. The van der Waals surface area contributed by atoms with Gasteiger partial charge in [0.2, 0.25) is 5.91 Å². The Labute approximate surface area is 132 Å². The van der Waals surface area contributed by atoms with Crippen molar-refractivity contribution in [2.24, 2.45) is 0 Å². The summed E-state index contributed by atoms with van der Waals surface area (Å²) in [4.78, 5) is 16.3. The fourth-order valence-corrected chi connectivity index (χ4v) is 2.65.